The van der Waals surface area contributed by atoms with Crippen molar-refractivity contribution < 1.29 is 28.0 Å². The molecular weight excluding hydrogens is 308 g/mol. The van der Waals surface area contributed by atoms with Gasteiger partial charge in [-0.15, -0.1) is 4.91 Å². The summed E-state index contributed by atoms with van der Waals surface area (Å²) < 4.78 is 30.5. The van der Waals surface area contributed by atoms with Crippen molar-refractivity contribution in [2.24, 2.45) is 5.18 Å². The smallest absolute Gasteiger partial charge is 0.344 e. The minimum atomic E-state index is -2.13. The van der Waals surface area contributed by atoms with Gasteiger partial charge in [-0.05, 0) is 12.1 Å². The summed E-state index contributed by atoms with van der Waals surface area (Å²) in [6.07, 6.45) is 0. The Labute approximate surface area is 121 Å². The Balaban J connectivity index is 3.10. The van der Waals surface area contributed by atoms with Crippen LogP contribution in [0.15, 0.2) is 17.3 Å². The molecule has 0 heterocycles. The average molecular weight is 317 g/mol. The van der Waals surface area contributed by atoms with Gasteiger partial charge < -0.3 is 10.1 Å². The molecule has 0 aliphatic carbocycles. The molecule has 118 valence electrons. The second-order valence-electron chi connectivity index (χ2n) is 3.79. The topological polar surface area (TPSA) is 128 Å². The van der Waals surface area contributed by atoms with Crippen molar-refractivity contribution >= 4 is 23.3 Å². The standard InChI is InChI=1S/C11H9F2N3O6/c1-2-22-11(18)9(15-19)10(17)14-7-3-5(12)6(13)4-8(7)16(20)21/h3-4,9H,2H2,1H3,(H,14,17). The highest BCUT2D eigenvalue weighted by atomic mass is 19.2. The van der Waals surface area contributed by atoms with Gasteiger partial charge in [0.2, 0.25) is 0 Å². The quantitative estimate of drug-likeness (QED) is 0.278. The SMILES string of the molecule is CCOC(=O)C(N=O)C(=O)Nc1cc(F)c(F)cc1[N+](=O)[O-]. The number of hydrogen-bond donors (Lipinski definition) is 1. The molecule has 9 nitrogen and oxygen atoms in total. The van der Waals surface area contributed by atoms with E-state index in [2.05, 4.69) is 9.91 Å². The van der Waals surface area contributed by atoms with Crippen LogP contribution in [0.1, 0.15) is 6.92 Å². The van der Waals surface area contributed by atoms with E-state index in [1.54, 1.807) is 5.32 Å². The van der Waals surface area contributed by atoms with Crippen LogP contribution in [0, 0.1) is 26.7 Å². The van der Waals surface area contributed by atoms with Crippen LogP contribution in [-0.2, 0) is 14.3 Å². The number of benzene rings is 1. The molecule has 1 aromatic carbocycles. The Bertz CT molecular complexity index is 636. The Kier molecular flexibility index (Phi) is 5.55. The number of nitroso groups, excluding NO2 is 1. The zero-order valence-electron chi connectivity index (χ0n) is 11.0. The van der Waals surface area contributed by atoms with E-state index in [1.807, 2.05) is 0 Å². The van der Waals surface area contributed by atoms with Gasteiger partial charge in [0.15, 0.2) is 11.6 Å². The van der Waals surface area contributed by atoms with Crippen LogP contribution in [0.4, 0.5) is 20.2 Å². The van der Waals surface area contributed by atoms with Crippen LogP contribution in [0.5, 0.6) is 0 Å². The van der Waals surface area contributed by atoms with E-state index < -0.39 is 45.9 Å². The molecular formula is C11H9F2N3O6. The largest absolute Gasteiger partial charge is 0.464 e. The molecule has 0 aromatic heterocycles. The minimum absolute atomic E-state index is 0.135. The summed E-state index contributed by atoms with van der Waals surface area (Å²) in [5.74, 6) is -5.62. The molecule has 22 heavy (non-hydrogen) atoms. The Morgan fingerprint density at radius 1 is 1.41 bits per heavy atom. The summed E-state index contributed by atoms with van der Waals surface area (Å²) in [4.78, 5) is 43.2. The minimum Gasteiger partial charge on any atom is -0.464 e. The second kappa shape index (κ2) is 7.15. The lowest BCUT2D eigenvalue weighted by Crippen LogP contribution is -2.34. The molecule has 1 rings (SSSR count). The number of nitro groups is 1. The number of anilines is 1. The van der Waals surface area contributed by atoms with Gasteiger partial charge in [-0.2, -0.15) is 0 Å². The van der Waals surface area contributed by atoms with Gasteiger partial charge in [0.05, 0.1) is 17.6 Å². The number of ether oxygens (including phenoxy) is 1. The lowest BCUT2D eigenvalue weighted by atomic mass is 10.2. The van der Waals surface area contributed by atoms with E-state index in [4.69, 9.17) is 0 Å². The van der Waals surface area contributed by atoms with Crippen molar-refractivity contribution in [1.29, 1.82) is 0 Å². The molecule has 0 saturated carbocycles. The average Bonchev–Trinajstić information content (AvgIpc) is 2.43. The molecule has 0 aliphatic rings. The van der Waals surface area contributed by atoms with Crippen molar-refractivity contribution in [2.45, 2.75) is 13.0 Å². The zero-order valence-corrected chi connectivity index (χ0v) is 11.0. The summed E-state index contributed by atoms with van der Waals surface area (Å²) in [5, 5.41) is 14.7. The van der Waals surface area contributed by atoms with E-state index in [1.165, 1.54) is 6.92 Å². The number of nitro benzene ring substituents is 1. The number of esters is 1. The molecule has 1 aromatic rings. The third-order valence-corrected chi connectivity index (χ3v) is 2.36. The maximum absolute atomic E-state index is 13.1. The lowest BCUT2D eigenvalue weighted by Gasteiger charge is -2.10. The number of hydrogen-bond acceptors (Lipinski definition) is 7. The molecule has 0 aliphatic heterocycles. The van der Waals surface area contributed by atoms with Gasteiger partial charge >= 0.3 is 5.97 Å². The monoisotopic (exact) mass is 317 g/mol. The van der Waals surface area contributed by atoms with Crippen LogP contribution in [0.25, 0.3) is 0 Å². The summed E-state index contributed by atoms with van der Waals surface area (Å²) in [5.41, 5.74) is -1.69. The highest BCUT2D eigenvalue weighted by Crippen LogP contribution is 2.27. The van der Waals surface area contributed by atoms with Crippen LogP contribution in [0.2, 0.25) is 0 Å². The van der Waals surface area contributed by atoms with Crippen molar-refractivity contribution in [3.63, 3.8) is 0 Å². The number of nitrogens with zero attached hydrogens (tertiary/aromatic N) is 2. The van der Waals surface area contributed by atoms with Crippen LogP contribution in [-0.4, -0.2) is 29.4 Å². The molecule has 1 amide bonds. The van der Waals surface area contributed by atoms with Crippen LogP contribution >= 0.6 is 0 Å². The fourth-order valence-electron chi connectivity index (χ4n) is 1.41. The number of carbonyl (C=O) groups is 2. The maximum Gasteiger partial charge on any atom is 0.344 e. The Morgan fingerprint density at radius 3 is 2.50 bits per heavy atom. The highest BCUT2D eigenvalue weighted by Gasteiger charge is 2.31. The van der Waals surface area contributed by atoms with Crippen molar-refractivity contribution in [1.82, 2.24) is 0 Å². The number of carbonyl (C=O) groups excluding carboxylic acids is 2. The Hall–Kier alpha value is -2.98. The van der Waals surface area contributed by atoms with Gasteiger partial charge in [-0.3, -0.25) is 14.9 Å². The molecule has 1 unspecified atom stereocenters. The van der Waals surface area contributed by atoms with Gasteiger partial charge in [0.1, 0.15) is 5.69 Å². The first-order valence-electron chi connectivity index (χ1n) is 5.75. The third-order valence-electron chi connectivity index (χ3n) is 2.36. The predicted octanol–water partition coefficient (Wildman–Crippen LogP) is 1.51. The van der Waals surface area contributed by atoms with Gasteiger partial charge in [0.25, 0.3) is 17.6 Å². The number of rotatable bonds is 6. The summed E-state index contributed by atoms with van der Waals surface area (Å²) in [7, 11) is 0. The van der Waals surface area contributed by atoms with E-state index >= 15 is 0 Å². The van der Waals surface area contributed by atoms with E-state index in [-0.39, 0.29) is 12.7 Å². The van der Waals surface area contributed by atoms with E-state index in [0.717, 1.165) is 0 Å². The van der Waals surface area contributed by atoms with Crippen molar-refractivity contribution in [3.05, 3.63) is 38.8 Å². The molecule has 0 bridgehead atoms. The fraction of sp³-hybridized carbons (Fsp3) is 0.273. The van der Waals surface area contributed by atoms with Crippen LogP contribution in [0.3, 0.4) is 0 Å². The molecule has 1 atom stereocenters. The number of nitrogens with one attached hydrogen (secondary N) is 1. The van der Waals surface area contributed by atoms with Crippen molar-refractivity contribution in [2.75, 3.05) is 11.9 Å². The summed E-state index contributed by atoms with van der Waals surface area (Å²) in [6.45, 7) is 1.28. The zero-order chi connectivity index (χ0) is 16.9. The Morgan fingerprint density at radius 2 is 2.00 bits per heavy atom. The van der Waals surface area contributed by atoms with E-state index in [9.17, 15) is 33.4 Å². The molecule has 1 N–H and O–H groups in total. The number of halogens is 2. The third kappa shape index (κ3) is 3.77. The first kappa shape index (κ1) is 17.1. The van der Waals surface area contributed by atoms with Gasteiger partial charge in [-0.25, -0.2) is 13.6 Å². The first-order chi connectivity index (χ1) is 10.3. The first-order valence-corrected chi connectivity index (χ1v) is 5.75. The normalized spacial score (nSPS) is 11.4. The molecule has 0 radical (unpaired) electrons. The highest BCUT2D eigenvalue weighted by molar-refractivity contribution is 6.09. The van der Waals surface area contributed by atoms with Gasteiger partial charge in [0, 0.05) is 6.07 Å². The fourth-order valence-corrected chi connectivity index (χ4v) is 1.41. The summed E-state index contributed by atoms with van der Waals surface area (Å²) >= 11 is 0. The van der Waals surface area contributed by atoms with Crippen LogP contribution < -0.4 is 5.32 Å². The molecule has 0 saturated heterocycles. The molecule has 0 spiro atoms. The number of amides is 1. The van der Waals surface area contributed by atoms with E-state index in [0.29, 0.717) is 6.07 Å². The summed E-state index contributed by atoms with van der Waals surface area (Å²) in [6, 6.07) is -1.54. The van der Waals surface area contributed by atoms with Crippen molar-refractivity contribution in [3.8, 4) is 0 Å². The second-order valence-corrected chi connectivity index (χ2v) is 3.79. The predicted molar refractivity (Wildman–Crippen MR) is 67.9 cm³/mol. The lowest BCUT2D eigenvalue weighted by molar-refractivity contribution is -0.384. The molecule has 11 heteroatoms. The molecule has 0 fully saturated rings. The van der Waals surface area contributed by atoms with Gasteiger partial charge in [-0.1, -0.05) is 0 Å². The maximum atomic E-state index is 13.1.